The predicted octanol–water partition coefficient (Wildman–Crippen LogP) is 5.91. The zero-order chi connectivity index (χ0) is 20.1. The zero-order valence-corrected chi connectivity index (χ0v) is 17.2. The predicted molar refractivity (Wildman–Crippen MR) is 111 cm³/mol. The summed E-state index contributed by atoms with van der Waals surface area (Å²) in [5.74, 6) is 0.124. The van der Waals surface area contributed by atoms with Gasteiger partial charge in [0.25, 0.3) is 5.91 Å². The molecule has 28 heavy (non-hydrogen) atoms. The Hall–Kier alpha value is -2.61. The maximum atomic E-state index is 12.1. The van der Waals surface area contributed by atoms with Gasteiger partial charge in [-0.2, -0.15) is 0 Å². The van der Waals surface area contributed by atoms with Crippen LogP contribution in [0.15, 0.2) is 65.3 Å². The number of carbonyl (C=O) groups excluding carboxylic acids is 2. The minimum absolute atomic E-state index is 0.197. The lowest BCUT2D eigenvalue weighted by Crippen LogP contribution is -2.34. The fourth-order valence-electron chi connectivity index (χ4n) is 2.17. The highest BCUT2D eigenvalue weighted by molar-refractivity contribution is 9.10. The largest absolute Gasteiger partial charge is 0.437 e. The number of nitrogens with one attached hydrogen (secondary N) is 2. The van der Waals surface area contributed by atoms with Crippen LogP contribution in [-0.4, -0.2) is 16.9 Å². The number of imide groups is 1. The third kappa shape index (κ3) is 5.22. The molecule has 0 saturated heterocycles. The van der Waals surface area contributed by atoms with Crippen molar-refractivity contribution in [1.29, 1.82) is 0 Å². The van der Waals surface area contributed by atoms with Gasteiger partial charge in [-0.15, -0.1) is 0 Å². The summed E-state index contributed by atoms with van der Waals surface area (Å²) in [6.45, 7) is 0. The summed E-state index contributed by atoms with van der Waals surface area (Å²) in [7, 11) is 0. The van der Waals surface area contributed by atoms with E-state index < -0.39 is 11.9 Å². The lowest BCUT2D eigenvalue weighted by atomic mass is 10.2. The Labute approximate surface area is 179 Å². The van der Waals surface area contributed by atoms with Crippen molar-refractivity contribution in [3.63, 3.8) is 0 Å². The Balaban J connectivity index is 1.63. The molecule has 0 radical (unpaired) electrons. The minimum atomic E-state index is -0.718. The molecule has 0 saturated carbocycles. The number of pyridine rings is 1. The molecule has 0 fully saturated rings. The van der Waals surface area contributed by atoms with E-state index in [1.54, 1.807) is 48.7 Å². The quantitative estimate of drug-likeness (QED) is 0.486. The third-order valence-electron chi connectivity index (χ3n) is 3.45. The lowest BCUT2D eigenvalue weighted by molar-refractivity contribution is 0.0967. The van der Waals surface area contributed by atoms with E-state index in [9.17, 15) is 9.59 Å². The summed E-state index contributed by atoms with van der Waals surface area (Å²) in [5, 5.41) is 5.24. The number of hydrogen-bond donors (Lipinski definition) is 2. The number of benzene rings is 2. The summed E-state index contributed by atoms with van der Waals surface area (Å²) in [6, 6.07) is 13.8. The molecule has 3 rings (SSSR count). The zero-order valence-electron chi connectivity index (χ0n) is 14.1. The van der Waals surface area contributed by atoms with Crippen LogP contribution in [0.3, 0.4) is 0 Å². The second-order valence-corrected chi connectivity index (χ2v) is 7.18. The summed E-state index contributed by atoms with van der Waals surface area (Å²) in [4.78, 5) is 28.3. The SMILES string of the molecule is O=C(NC(=O)c1ccccc1Cl)Nc1ccc(Oc2ccc(Br)cn2)c(Cl)c1. The van der Waals surface area contributed by atoms with Gasteiger partial charge in [-0.1, -0.05) is 35.3 Å². The first-order valence-corrected chi connectivity index (χ1v) is 9.43. The molecule has 0 bridgehead atoms. The molecule has 9 heteroatoms. The summed E-state index contributed by atoms with van der Waals surface area (Å²) in [5.41, 5.74) is 0.577. The molecule has 0 aliphatic rings. The van der Waals surface area contributed by atoms with Crippen molar-refractivity contribution in [2.24, 2.45) is 0 Å². The van der Waals surface area contributed by atoms with Gasteiger partial charge in [0.15, 0.2) is 0 Å². The van der Waals surface area contributed by atoms with Crippen LogP contribution in [-0.2, 0) is 0 Å². The van der Waals surface area contributed by atoms with Crippen molar-refractivity contribution in [3.8, 4) is 11.6 Å². The van der Waals surface area contributed by atoms with Crippen LogP contribution in [0, 0.1) is 0 Å². The van der Waals surface area contributed by atoms with Gasteiger partial charge in [0.2, 0.25) is 5.88 Å². The van der Waals surface area contributed by atoms with Crippen LogP contribution in [0.5, 0.6) is 11.6 Å². The molecule has 2 aromatic carbocycles. The Morgan fingerprint density at radius 1 is 1.00 bits per heavy atom. The molecule has 3 aromatic rings. The average Bonchev–Trinajstić information content (AvgIpc) is 2.66. The first-order chi connectivity index (χ1) is 13.4. The second kappa shape index (κ2) is 9.05. The van der Waals surface area contributed by atoms with Gasteiger partial charge in [-0.25, -0.2) is 9.78 Å². The van der Waals surface area contributed by atoms with Crippen molar-refractivity contribution in [3.05, 3.63) is 80.9 Å². The smallest absolute Gasteiger partial charge is 0.326 e. The number of hydrogen-bond acceptors (Lipinski definition) is 4. The molecular weight excluding hydrogens is 469 g/mol. The van der Waals surface area contributed by atoms with E-state index in [-0.39, 0.29) is 15.6 Å². The fraction of sp³-hybridized carbons (Fsp3) is 0. The van der Waals surface area contributed by atoms with Crippen LogP contribution in [0.4, 0.5) is 10.5 Å². The normalized spacial score (nSPS) is 10.2. The lowest BCUT2D eigenvalue weighted by Gasteiger charge is -2.10. The Morgan fingerprint density at radius 2 is 1.79 bits per heavy atom. The van der Waals surface area contributed by atoms with Gasteiger partial charge in [-0.05, 0) is 52.3 Å². The van der Waals surface area contributed by atoms with E-state index in [2.05, 4.69) is 31.5 Å². The average molecular weight is 481 g/mol. The van der Waals surface area contributed by atoms with Crippen molar-refractivity contribution in [2.75, 3.05) is 5.32 Å². The van der Waals surface area contributed by atoms with E-state index in [1.165, 1.54) is 12.1 Å². The van der Waals surface area contributed by atoms with E-state index >= 15 is 0 Å². The fourth-order valence-corrected chi connectivity index (χ4v) is 2.85. The molecule has 142 valence electrons. The van der Waals surface area contributed by atoms with Gasteiger partial charge >= 0.3 is 6.03 Å². The maximum Gasteiger partial charge on any atom is 0.326 e. The topological polar surface area (TPSA) is 80.3 Å². The summed E-state index contributed by atoms with van der Waals surface area (Å²) >= 11 is 15.4. The molecule has 0 unspecified atom stereocenters. The summed E-state index contributed by atoms with van der Waals surface area (Å²) < 4.78 is 6.42. The first kappa shape index (κ1) is 20.1. The van der Waals surface area contributed by atoms with Gasteiger partial charge < -0.3 is 10.1 Å². The van der Waals surface area contributed by atoms with Crippen LogP contribution >= 0.6 is 39.1 Å². The van der Waals surface area contributed by atoms with Crippen LogP contribution in [0.25, 0.3) is 0 Å². The number of nitrogens with zero attached hydrogens (tertiary/aromatic N) is 1. The van der Waals surface area contributed by atoms with Crippen molar-refractivity contribution in [2.45, 2.75) is 0 Å². The molecule has 0 aliphatic carbocycles. The van der Waals surface area contributed by atoms with E-state index in [4.69, 9.17) is 27.9 Å². The third-order valence-corrected chi connectivity index (χ3v) is 4.54. The van der Waals surface area contributed by atoms with Crippen LogP contribution in [0.1, 0.15) is 10.4 Å². The number of rotatable bonds is 4. The van der Waals surface area contributed by atoms with Gasteiger partial charge in [0, 0.05) is 22.4 Å². The maximum absolute atomic E-state index is 12.1. The molecule has 1 aromatic heterocycles. The Kier molecular flexibility index (Phi) is 6.51. The van der Waals surface area contributed by atoms with Crippen LogP contribution in [0.2, 0.25) is 10.0 Å². The van der Waals surface area contributed by atoms with Gasteiger partial charge in [0.1, 0.15) is 5.75 Å². The highest BCUT2D eigenvalue weighted by atomic mass is 79.9. The number of urea groups is 1. The number of halogens is 3. The van der Waals surface area contributed by atoms with E-state index in [0.717, 1.165) is 4.47 Å². The molecule has 2 N–H and O–H groups in total. The summed E-state index contributed by atoms with van der Waals surface area (Å²) in [6.07, 6.45) is 1.60. The number of amides is 3. The molecule has 6 nitrogen and oxygen atoms in total. The molecule has 0 aliphatic heterocycles. The number of carbonyl (C=O) groups is 2. The van der Waals surface area contributed by atoms with Crippen molar-refractivity contribution < 1.29 is 14.3 Å². The Morgan fingerprint density at radius 3 is 2.46 bits per heavy atom. The highest BCUT2D eigenvalue weighted by Crippen LogP contribution is 2.31. The van der Waals surface area contributed by atoms with Gasteiger partial charge in [0.05, 0.1) is 15.6 Å². The van der Waals surface area contributed by atoms with Gasteiger partial charge in [-0.3, -0.25) is 10.1 Å². The highest BCUT2D eigenvalue weighted by Gasteiger charge is 2.14. The first-order valence-electron chi connectivity index (χ1n) is 7.88. The van der Waals surface area contributed by atoms with Crippen LogP contribution < -0.4 is 15.4 Å². The molecule has 0 spiro atoms. The standard InChI is InChI=1S/C19H12BrCl2N3O3/c20-11-5-8-17(23-10-11)28-16-7-6-12(9-15(16)22)24-19(27)25-18(26)13-3-1-2-4-14(13)21/h1-10H,(H2,24,25,26,27). The number of aromatic nitrogens is 1. The molecule has 0 atom stereocenters. The van der Waals surface area contributed by atoms with E-state index in [0.29, 0.717) is 17.3 Å². The van der Waals surface area contributed by atoms with Crippen molar-refractivity contribution in [1.82, 2.24) is 10.3 Å². The monoisotopic (exact) mass is 479 g/mol. The minimum Gasteiger partial charge on any atom is -0.437 e. The van der Waals surface area contributed by atoms with E-state index in [1.807, 2.05) is 0 Å². The molecule has 3 amide bonds. The van der Waals surface area contributed by atoms with Crippen molar-refractivity contribution >= 4 is 56.8 Å². The molecular formula is C19H12BrCl2N3O3. The number of ether oxygens (including phenoxy) is 1. The second-order valence-electron chi connectivity index (χ2n) is 5.45. The molecule has 1 heterocycles. The Bertz CT molecular complexity index is 1030. The number of anilines is 1.